The van der Waals surface area contributed by atoms with E-state index in [2.05, 4.69) is 18.8 Å². The summed E-state index contributed by atoms with van der Waals surface area (Å²) in [5.74, 6) is 1.04. The third-order valence-corrected chi connectivity index (χ3v) is 5.45. The molecular weight excluding hydrogens is 306 g/mol. The van der Waals surface area contributed by atoms with E-state index in [1.807, 2.05) is 55.5 Å². The Morgan fingerprint density at radius 1 is 1.13 bits per heavy atom. The first-order valence-electron chi connectivity index (χ1n) is 7.84. The van der Waals surface area contributed by atoms with Gasteiger partial charge in [-0.15, -0.1) is 0 Å². The highest BCUT2D eigenvalue weighted by Gasteiger charge is 2.28. The normalized spacial score (nSPS) is 18.7. The summed E-state index contributed by atoms with van der Waals surface area (Å²) in [6.45, 7) is 6.89. The van der Waals surface area contributed by atoms with E-state index in [9.17, 15) is 4.55 Å². The SMILES string of the molecule is Cc1ccc([S@+]([O-])c2ccccc2C2=NC(C(C)C)CO2)cc1. The average Bonchev–Trinajstić information content (AvgIpc) is 3.05. The minimum Gasteiger partial charge on any atom is -0.606 e. The summed E-state index contributed by atoms with van der Waals surface area (Å²) in [7, 11) is 0. The first-order valence-corrected chi connectivity index (χ1v) is 8.99. The molecule has 0 N–H and O–H groups in total. The first-order chi connectivity index (χ1) is 11.1. The number of ether oxygens (including phenoxy) is 1. The van der Waals surface area contributed by atoms with Gasteiger partial charge in [-0.1, -0.05) is 43.7 Å². The van der Waals surface area contributed by atoms with E-state index < -0.39 is 11.2 Å². The van der Waals surface area contributed by atoms with E-state index in [1.54, 1.807) is 0 Å². The van der Waals surface area contributed by atoms with Crippen LogP contribution in [0.1, 0.15) is 25.0 Å². The molecule has 120 valence electrons. The fourth-order valence-corrected chi connectivity index (χ4v) is 3.67. The highest BCUT2D eigenvalue weighted by Crippen LogP contribution is 2.27. The molecule has 0 fully saturated rings. The van der Waals surface area contributed by atoms with Crippen molar-refractivity contribution in [2.75, 3.05) is 6.61 Å². The molecule has 0 saturated heterocycles. The van der Waals surface area contributed by atoms with Gasteiger partial charge in [0.25, 0.3) is 0 Å². The van der Waals surface area contributed by atoms with Gasteiger partial charge in [-0.2, -0.15) is 0 Å². The Kier molecular flexibility index (Phi) is 4.74. The van der Waals surface area contributed by atoms with Crippen LogP contribution < -0.4 is 0 Å². The molecule has 2 atom stereocenters. The van der Waals surface area contributed by atoms with Crippen LogP contribution in [0, 0.1) is 12.8 Å². The van der Waals surface area contributed by atoms with Crippen molar-refractivity contribution in [2.24, 2.45) is 10.9 Å². The maximum atomic E-state index is 13.0. The predicted octanol–water partition coefficient (Wildman–Crippen LogP) is 3.96. The zero-order valence-corrected chi connectivity index (χ0v) is 14.5. The molecule has 2 aromatic carbocycles. The van der Waals surface area contributed by atoms with E-state index in [0.717, 1.165) is 20.9 Å². The number of aliphatic imine (C=N–C) groups is 1. The largest absolute Gasteiger partial charge is 0.606 e. The maximum Gasteiger partial charge on any atom is 0.221 e. The van der Waals surface area contributed by atoms with Crippen LogP contribution in [0.15, 0.2) is 63.3 Å². The number of aryl methyl sites for hydroxylation is 1. The van der Waals surface area contributed by atoms with Crippen LogP contribution in [0.3, 0.4) is 0 Å². The maximum absolute atomic E-state index is 13.0. The molecule has 1 aliphatic heterocycles. The Labute approximate surface area is 140 Å². The van der Waals surface area contributed by atoms with Crippen LogP contribution in [0.4, 0.5) is 0 Å². The second-order valence-electron chi connectivity index (χ2n) is 6.13. The van der Waals surface area contributed by atoms with Crippen molar-refractivity contribution in [3.05, 3.63) is 59.7 Å². The van der Waals surface area contributed by atoms with Crippen molar-refractivity contribution in [2.45, 2.75) is 36.6 Å². The van der Waals surface area contributed by atoms with E-state index in [1.165, 1.54) is 0 Å². The summed E-state index contributed by atoms with van der Waals surface area (Å²) in [5, 5.41) is 0. The van der Waals surface area contributed by atoms with Gasteiger partial charge in [-0.3, -0.25) is 0 Å². The molecule has 1 unspecified atom stereocenters. The lowest BCUT2D eigenvalue weighted by atomic mass is 10.1. The Morgan fingerprint density at radius 2 is 1.83 bits per heavy atom. The Bertz CT molecular complexity index is 710. The molecule has 0 spiro atoms. The van der Waals surface area contributed by atoms with E-state index in [4.69, 9.17) is 4.74 Å². The fraction of sp³-hybridized carbons (Fsp3) is 0.316. The van der Waals surface area contributed by atoms with E-state index in [0.29, 0.717) is 18.4 Å². The van der Waals surface area contributed by atoms with Crippen molar-refractivity contribution in [1.82, 2.24) is 0 Å². The lowest BCUT2D eigenvalue weighted by Crippen LogP contribution is -2.13. The monoisotopic (exact) mass is 327 g/mol. The van der Waals surface area contributed by atoms with Crippen LogP contribution in [-0.2, 0) is 15.9 Å². The predicted molar refractivity (Wildman–Crippen MR) is 93.4 cm³/mol. The Balaban J connectivity index is 1.95. The number of rotatable bonds is 4. The number of benzene rings is 2. The number of hydrogen-bond donors (Lipinski definition) is 0. The van der Waals surface area contributed by atoms with Gasteiger partial charge in [-0.25, -0.2) is 4.99 Å². The summed E-state index contributed by atoms with van der Waals surface area (Å²) in [6, 6.07) is 15.6. The summed E-state index contributed by atoms with van der Waals surface area (Å²) in [6.07, 6.45) is 0. The standard InChI is InChI=1S/C19H21NO2S/c1-13(2)17-12-22-19(20-17)16-6-4-5-7-18(16)23(21)15-10-8-14(3)9-11-15/h4-11,13,17H,12H2,1-3H3/t17?,23-/m0/s1. The van der Waals surface area contributed by atoms with Gasteiger partial charge in [0.15, 0.2) is 9.79 Å². The van der Waals surface area contributed by atoms with Gasteiger partial charge in [0.1, 0.15) is 6.61 Å². The molecule has 0 bridgehead atoms. The number of nitrogens with zero attached hydrogens (tertiary/aromatic N) is 1. The third kappa shape index (κ3) is 3.43. The van der Waals surface area contributed by atoms with Crippen LogP contribution in [0.5, 0.6) is 0 Å². The van der Waals surface area contributed by atoms with Crippen molar-refractivity contribution in [1.29, 1.82) is 0 Å². The summed E-state index contributed by atoms with van der Waals surface area (Å²) in [4.78, 5) is 6.21. The minimum atomic E-state index is -1.25. The van der Waals surface area contributed by atoms with E-state index in [-0.39, 0.29) is 6.04 Å². The van der Waals surface area contributed by atoms with Crippen LogP contribution in [0.2, 0.25) is 0 Å². The third-order valence-electron chi connectivity index (χ3n) is 4.00. The molecule has 0 radical (unpaired) electrons. The Hall–Kier alpha value is -1.78. The molecular formula is C19H21NO2S. The molecule has 23 heavy (non-hydrogen) atoms. The summed E-state index contributed by atoms with van der Waals surface area (Å²) < 4.78 is 18.7. The van der Waals surface area contributed by atoms with Crippen LogP contribution in [0.25, 0.3) is 0 Å². The van der Waals surface area contributed by atoms with Crippen molar-refractivity contribution in [3.8, 4) is 0 Å². The molecule has 0 aliphatic carbocycles. The number of hydrogen-bond acceptors (Lipinski definition) is 3. The molecule has 0 saturated carbocycles. The highest BCUT2D eigenvalue weighted by atomic mass is 32.2. The minimum absolute atomic E-state index is 0.172. The van der Waals surface area contributed by atoms with Gasteiger partial charge in [0.2, 0.25) is 5.90 Å². The van der Waals surface area contributed by atoms with Crippen LogP contribution >= 0.6 is 0 Å². The molecule has 3 nitrogen and oxygen atoms in total. The van der Waals surface area contributed by atoms with E-state index >= 15 is 0 Å². The van der Waals surface area contributed by atoms with Gasteiger partial charge in [0.05, 0.1) is 11.6 Å². The van der Waals surface area contributed by atoms with Gasteiger partial charge >= 0.3 is 0 Å². The average molecular weight is 327 g/mol. The molecule has 4 heteroatoms. The lowest BCUT2D eigenvalue weighted by molar-refractivity contribution is 0.291. The van der Waals surface area contributed by atoms with Crippen molar-refractivity contribution < 1.29 is 9.29 Å². The molecule has 3 rings (SSSR count). The highest BCUT2D eigenvalue weighted by molar-refractivity contribution is 7.91. The zero-order valence-electron chi connectivity index (χ0n) is 13.7. The van der Waals surface area contributed by atoms with Gasteiger partial charge in [0, 0.05) is 11.2 Å². The first kappa shape index (κ1) is 16.1. The quantitative estimate of drug-likeness (QED) is 0.798. The smallest absolute Gasteiger partial charge is 0.221 e. The molecule has 1 aliphatic rings. The van der Waals surface area contributed by atoms with Crippen LogP contribution in [-0.4, -0.2) is 23.1 Å². The molecule has 2 aromatic rings. The fourth-order valence-electron chi connectivity index (χ4n) is 2.47. The van der Waals surface area contributed by atoms with Crippen molar-refractivity contribution >= 4 is 17.1 Å². The second-order valence-corrected chi connectivity index (χ2v) is 7.58. The summed E-state index contributed by atoms with van der Waals surface area (Å²) in [5.41, 5.74) is 1.98. The molecule has 0 amide bonds. The Morgan fingerprint density at radius 3 is 2.48 bits per heavy atom. The summed E-state index contributed by atoms with van der Waals surface area (Å²) >= 11 is -1.25. The lowest BCUT2D eigenvalue weighted by Gasteiger charge is -2.13. The van der Waals surface area contributed by atoms with Crippen molar-refractivity contribution in [3.63, 3.8) is 0 Å². The topological polar surface area (TPSA) is 44.7 Å². The molecule has 0 aromatic heterocycles. The van der Waals surface area contributed by atoms with Gasteiger partial charge < -0.3 is 9.29 Å². The molecule has 1 heterocycles. The zero-order chi connectivity index (χ0) is 16.4. The second kappa shape index (κ2) is 6.77. The van der Waals surface area contributed by atoms with Gasteiger partial charge in [-0.05, 0) is 37.1 Å².